The van der Waals surface area contributed by atoms with Crippen molar-refractivity contribution in [1.82, 2.24) is 15.5 Å². The Kier molecular flexibility index (Phi) is 17.3. The molecule has 1 saturated carbocycles. The highest BCUT2D eigenvalue weighted by molar-refractivity contribution is 6.38. The third kappa shape index (κ3) is 12.7. The van der Waals surface area contributed by atoms with Gasteiger partial charge >= 0.3 is 0 Å². The zero-order valence-electron chi connectivity index (χ0n) is 36.6. The van der Waals surface area contributed by atoms with Gasteiger partial charge in [-0.1, -0.05) is 148 Å². The van der Waals surface area contributed by atoms with Gasteiger partial charge in [-0.3, -0.25) is 33.6 Å². The molecule has 0 spiro atoms. The summed E-state index contributed by atoms with van der Waals surface area (Å²) in [6, 6.07) is 32.0. The molecule has 1 aliphatic carbocycles. The third-order valence-corrected chi connectivity index (χ3v) is 12.5. The molecule has 336 valence electrons. The van der Waals surface area contributed by atoms with Gasteiger partial charge in [-0.2, -0.15) is 0 Å². The number of likely N-dealkylation sites (tertiary alicyclic amines) is 1. The predicted molar refractivity (Wildman–Crippen MR) is 243 cm³/mol. The molecular weight excluding hydrogens is 809 g/mol. The van der Waals surface area contributed by atoms with Gasteiger partial charge in [-0.25, -0.2) is 0 Å². The van der Waals surface area contributed by atoms with E-state index in [0.29, 0.717) is 24.0 Å². The van der Waals surface area contributed by atoms with E-state index in [0.717, 1.165) is 48.8 Å². The predicted octanol–water partition coefficient (Wildman–Crippen LogP) is 7.25. The summed E-state index contributed by atoms with van der Waals surface area (Å²) in [5.41, 5.74) is 9.01. The fourth-order valence-electron chi connectivity index (χ4n) is 8.98. The molecule has 0 radical (unpaired) electrons. The Morgan fingerprint density at radius 3 is 2.08 bits per heavy atom. The van der Waals surface area contributed by atoms with Crippen LogP contribution in [0.2, 0.25) is 0 Å². The lowest BCUT2D eigenvalue weighted by molar-refractivity contribution is -0.143. The van der Waals surface area contributed by atoms with Crippen molar-refractivity contribution in [3.63, 3.8) is 0 Å². The average molecular weight is 869 g/mol. The molecule has 0 aromatic heterocycles. The van der Waals surface area contributed by atoms with Gasteiger partial charge in [0.1, 0.15) is 12.1 Å². The van der Waals surface area contributed by atoms with E-state index in [2.05, 4.69) is 10.6 Å². The van der Waals surface area contributed by atoms with Gasteiger partial charge in [-0.15, -0.1) is 0 Å². The van der Waals surface area contributed by atoms with Gasteiger partial charge in [0, 0.05) is 43.7 Å². The van der Waals surface area contributed by atoms with E-state index in [1.54, 1.807) is 42.5 Å². The Labute approximate surface area is 375 Å². The average Bonchev–Trinajstić information content (AvgIpc) is 3.77. The number of benzene rings is 4. The summed E-state index contributed by atoms with van der Waals surface area (Å²) in [6.45, 7) is 2.32. The van der Waals surface area contributed by atoms with E-state index in [-0.39, 0.29) is 62.4 Å². The SMILES string of the molecule is CCCCC(CC(=O)[C@@H]1C[C@@H](OCc2ccccc2)CN1C(=O)C(NC(=O)c1ccccc1-c1ccccc1)C1CCCCC1)C(=O)C(=O)CCC(=O)NC(C(N)=O)c1ccccc1. The molecule has 1 saturated heterocycles. The van der Waals surface area contributed by atoms with Crippen LogP contribution >= 0.6 is 0 Å². The zero-order chi connectivity index (χ0) is 45.4. The molecule has 12 nitrogen and oxygen atoms in total. The van der Waals surface area contributed by atoms with E-state index in [4.69, 9.17) is 10.5 Å². The lowest BCUT2D eigenvalue weighted by atomic mass is 9.82. The minimum atomic E-state index is -1.11. The molecule has 4 aromatic rings. The van der Waals surface area contributed by atoms with Crippen molar-refractivity contribution in [2.75, 3.05) is 6.54 Å². The van der Waals surface area contributed by atoms with Gasteiger partial charge in [0.15, 0.2) is 11.6 Å². The van der Waals surface area contributed by atoms with Crippen molar-refractivity contribution in [2.45, 2.75) is 115 Å². The van der Waals surface area contributed by atoms with Crippen LogP contribution in [0.25, 0.3) is 11.1 Å². The summed E-state index contributed by atoms with van der Waals surface area (Å²) in [5, 5.41) is 5.69. The number of hydrogen-bond donors (Lipinski definition) is 3. The first-order valence-electron chi connectivity index (χ1n) is 22.7. The van der Waals surface area contributed by atoms with Crippen LogP contribution in [-0.2, 0) is 40.1 Å². The number of primary amides is 1. The summed E-state index contributed by atoms with van der Waals surface area (Å²) < 4.78 is 6.35. The number of nitrogens with two attached hydrogens (primary N) is 1. The van der Waals surface area contributed by atoms with Crippen LogP contribution in [0.3, 0.4) is 0 Å². The summed E-state index contributed by atoms with van der Waals surface area (Å²) in [5.74, 6) is -5.18. The van der Waals surface area contributed by atoms with Crippen LogP contribution in [0.4, 0.5) is 0 Å². The van der Waals surface area contributed by atoms with Crippen LogP contribution in [0, 0.1) is 11.8 Å². The standard InChI is InChI=1S/C52H60N4O8/c1-2-3-20-39(49(60)44(57)29-30-46(59)54-47(50(53)61)37-23-12-6-13-24-37)31-45(58)43-32-40(64-34-35-18-8-4-9-19-35)33-56(43)52(63)48(38-25-14-7-15-26-38)55-51(62)42-28-17-16-27-41(42)36-21-10-5-11-22-36/h4-6,8-13,16-19,21-24,27-28,38-40,43,47-48H,2-3,7,14-15,20,25-26,29-34H2,1H3,(H2,53,61)(H,54,59)(H,55,62)/t39?,40-,43+,47?,48?/m1/s1. The van der Waals surface area contributed by atoms with Crippen LogP contribution < -0.4 is 16.4 Å². The maximum Gasteiger partial charge on any atom is 0.252 e. The molecule has 4 aromatic carbocycles. The minimum Gasteiger partial charge on any atom is -0.372 e. The highest BCUT2D eigenvalue weighted by atomic mass is 16.5. The second-order valence-corrected chi connectivity index (χ2v) is 17.0. The number of ether oxygens (including phenoxy) is 1. The van der Waals surface area contributed by atoms with Crippen molar-refractivity contribution < 1.29 is 38.3 Å². The summed E-state index contributed by atoms with van der Waals surface area (Å²) in [7, 11) is 0. The normalized spacial score (nSPS) is 17.7. The number of nitrogens with one attached hydrogen (secondary N) is 2. The third-order valence-electron chi connectivity index (χ3n) is 12.5. The molecule has 0 bridgehead atoms. The van der Waals surface area contributed by atoms with Gasteiger partial charge in [0.05, 0.1) is 18.8 Å². The molecule has 4 amide bonds. The number of carbonyl (C=O) groups is 7. The van der Waals surface area contributed by atoms with E-state index in [9.17, 15) is 28.8 Å². The maximum absolute atomic E-state index is 15.1. The van der Waals surface area contributed by atoms with E-state index < -0.39 is 59.9 Å². The molecule has 1 heterocycles. The Bertz CT molecular complexity index is 2230. The van der Waals surface area contributed by atoms with Crippen molar-refractivity contribution in [3.8, 4) is 11.1 Å². The highest BCUT2D eigenvalue weighted by Gasteiger charge is 2.45. The first-order valence-corrected chi connectivity index (χ1v) is 22.7. The van der Waals surface area contributed by atoms with Crippen LogP contribution in [0.1, 0.15) is 112 Å². The van der Waals surface area contributed by atoms with E-state index in [1.807, 2.05) is 79.7 Å². The van der Waals surface area contributed by atoms with Crippen LogP contribution in [0.5, 0.6) is 0 Å². The largest absolute Gasteiger partial charge is 0.372 e. The first kappa shape index (κ1) is 47.2. The number of carbonyl (C=O) groups excluding carboxylic acids is 7. The van der Waals surface area contributed by atoms with Crippen LogP contribution in [0.15, 0.2) is 115 Å². The number of rotatable bonds is 22. The second-order valence-electron chi connectivity index (χ2n) is 17.0. The fourth-order valence-corrected chi connectivity index (χ4v) is 8.98. The quantitative estimate of drug-likeness (QED) is 0.0691. The van der Waals surface area contributed by atoms with Crippen LogP contribution in [-0.4, -0.2) is 70.6 Å². The minimum absolute atomic E-state index is 0.110. The molecule has 4 N–H and O–H groups in total. The summed E-state index contributed by atoms with van der Waals surface area (Å²) in [4.78, 5) is 97.8. The molecule has 6 rings (SSSR count). The van der Waals surface area contributed by atoms with Gasteiger partial charge in [0.2, 0.25) is 23.5 Å². The number of Topliss-reactive ketones (excluding diaryl/α,β-unsaturated/α-hetero) is 3. The Hall–Kier alpha value is -6.27. The van der Waals surface area contributed by atoms with Gasteiger partial charge < -0.3 is 26.0 Å². The fraction of sp³-hybridized carbons (Fsp3) is 0.404. The maximum atomic E-state index is 15.1. The zero-order valence-corrected chi connectivity index (χ0v) is 36.6. The Morgan fingerprint density at radius 1 is 0.766 bits per heavy atom. The molecule has 2 fully saturated rings. The Morgan fingerprint density at radius 2 is 1.41 bits per heavy atom. The first-order chi connectivity index (χ1) is 31.0. The van der Waals surface area contributed by atoms with Crippen molar-refractivity contribution >= 4 is 41.0 Å². The molecular formula is C52H60N4O8. The van der Waals surface area contributed by atoms with E-state index >= 15 is 4.79 Å². The molecule has 5 atom stereocenters. The number of nitrogens with zero attached hydrogens (tertiary/aromatic N) is 1. The molecule has 12 heteroatoms. The molecule has 1 aliphatic heterocycles. The lowest BCUT2D eigenvalue weighted by Gasteiger charge is -2.35. The summed E-state index contributed by atoms with van der Waals surface area (Å²) >= 11 is 0. The topological polar surface area (TPSA) is 182 Å². The molecule has 2 aliphatic rings. The smallest absolute Gasteiger partial charge is 0.252 e. The number of unbranched alkanes of at least 4 members (excludes halogenated alkanes) is 1. The number of hydrogen-bond acceptors (Lipinski definition) is 8. The second kappa shape index (κ2) is 23.4. The van der Waals surface area contributed by atoms with E-state index in [1.165, 1.54) is 4.90 Å². The number of ketones is 3. The Balaban J connectivity index is 1.21. The van der Waals surface area contributed by atoms with Crippen molar-refractivity contribution in [2.24, 2.45) is 17.6 Å². The van der Waals surface area contributed by atoms with Crippen molar-refractivity contribution in [3.05, 3.63) is 132 Å². The molecule has 64 heavy (non-hydrogen) atoms. The highest BCUT2D eigenvalue weighted by Crippen LogP contribution is 2.33. The lowest BCUT2D eigenvalue weighted by Crippen LogP contribution is -2.55. The number of amides is 4. The van der Waals surface area contributed by atoms with Gasteiger partial charge in [-0.05, 0) is 53.5 Å². The van der Waals surface area contributed by atoms with Gasteiger partial charge in [0.25, 0.3) is 5.91 Å². The molecule has 3 unspecified atom stereocenters. The van der Waals surface area contributed by atoms with Crippen molar-refractivity contribution in [1.29, 1.82) is 0 Å². The summed E-state index contributed by atoms with van der Waals surface area (Å²) in [6.07, 6.45) is 4.50. The monoisotopic (exact) mass is 868 g/mol.